The molecule has 0 atom stereocenters. The van der Waals surface area contributed by atoms with E-state index in [2.05, 4.69) is 0 Å². The topological polar surface area (TPSA) is 86.7 Å². The molecule has 4 rings (SSSR count). The van der Waals surface area contributed by atoms with Crippen LogP contribution in [0, 0.1) is 11.6 Å². The smallest absolute Gasteiger partial charge is 0.339 e. The zero-order valence-corrected chi connectivity index (χ0v) is 23.0. The van der Waals surface area contributed by atoms with Gasteiger partial charge in [0, 0.05) is 11.1 Å². The summed E-state index contributed by atoms with van der Waals surface area (Å²) in [5.74, 6) is -0.991. The van der Waals surface area contributed by atoms with Gasteiger partial charge in [0.25, 0.3) is 0 Å². The third-order valence-electron chi connectivity index (χ3n) is 5.65. The van der Waals surface area contributed by atoms with Gasteiger partial charge in [0.1, 0.15) is 32.9 Å². The Labute approximate surface area is 232 Å². The van der Waals surface area contributed by atoms with Crippen molar-refractivity contribution in [3.05, 3.63) is 120 Å². The first-order chi connectivity index (χ1) is 19.0. The SMILES string of the molecule is CC=Cc1cc(-c2ccc(OS(=O)(=O)c3ccc(F)cc3)c(C=CC)c2)ccc1OS(=O)(=O)c1ccc(F)cc1. The summed E-state index contributed by atoms with van der Waals surface area (Å²) in [7, 11) is -8.43. The molecule has 0 aliphatic rings. The first-order valence-corrected chi connectivity index (χ1v) is 14.8. The highest BCUT2D eigenvalue weighted by molar-refractivity contribution is 7.87. The van der Waals surface area contributed by atoms with Gasteiger partial charge in [-0.15, -0.1) is 0 Å². The summed E-state index contributed by atoms with van der Waals surface area (Å²) < 4.78 is 88.2. The minimum Gasteiger partial charge on any atom is -0.378 e. The summed E-state index contributed by atoms with van der Waals surface area (Å²) >= 11 is 0. The fourth-order valence-corrected chi connectivity index (χ4v) is 5.67. The molecule has 0 fully saturated rings. The van der Waals surface area contributed by atoms with Crippen molar-refractivity contribution in [2.75, 3.05) is 0 Å². The summed E-state index contributed by atoms with van der Waals surface area (Å²) in [5, 5.41) is 0. The Hall–Kier alpha value is -4.28. The van der Waals surface area contributed by atoms with Crippen LogP contribution in [0.2, 0.25) is 0 Å². The molecule has 0 saturated carbocycles. The molecule has 40 heavy (non-hydrogen) atoms. The lowest BCUT2D eigenvalue weighted by atomic mass is 9.99. The van der Waals surface area contributed by atoms with Gasteiger partial charge in [0.05, 0.1) is 0 Å². The first-order valence-electron chi connectivity index (χ1n) is 12.0. The molecule has 0 radical (unpaired) electrons. The third-order valence-corrected chi connectivity index (χ3v) is 8.15. The van der Waals surface area contributed by atoms with E-state index in [9.17, 15) is 25.6 Å². The highest BCUT2D eigenvalue weighted by atomic mass is 32.2. The van der Waals surface area contributed by atoms with Crippen molar-refractivity contribution in [2.24, 2.45) is 0 Å². The first kappa shape index (κ1) is 28.7. The molecular formula is C30H24F2O6S2. The Morgan fingerprint density at radius 1 is 0.550 bits per heavy atom. The Morgan fingerprint density at radius 3 is 1.23 bits per heavy atom. The average Bonchev–Trinajstić information content (AvgIpc) is 2.91. The van der Waals surface area contributed by atoms with Crippen LogP contribution in [0.4, 0.5) is 8.78 Å². The molecule has 0 aliphatic heterocycles. The Morgan fingerprint density at radius 2 is 0.900 bits per heavy atom. The molecule has 0 heterocycles. The molecule has 0 spiro atoms. The zero-order chi connectivity index (χ0) is 28.9. The number of hydrogen-bond acceptors (Lipinski definition) is 6. The molecule has 0 aromatic heterocycles. The van der Waals surface area contributed by atoms with Crippen molar-refractivity contribution in [1.29, 1.82) is 0 Å². The molecule has 0 amide bonds. The van der Waals surface area contributed by atoms with Gasteiger partial charge in [0.15, 0.2) is 0 Å². The quantitative estimate of drug-likeness (QED) is 0.194. The fraction of sp³-hybridized carbons (Fsp3) is 0.0667. The van der Waals surface area contributed by atoms with Gasteiger partial charge >= 0.3 is 20.2 Å². The highest BCUT2D eigenvalue weighted by Gasteiger charge is 2.20. The number of benzene rings is 4. The van der Waals surface area contributed by atoms with E-state index >= 15 is 0 Å². The van der Waals surface area contributed by atoms with Gasteiger partial charge in [-0.25, -0.2) is 8.78 Å². The lowest BCUT2D eigenvalue weighted by Gasteiger charge is -2.14. The van der Waals surface area contributed by atoms with E-state index < -0.39 is 31.9 Å². The van der Waals surface area contributed by atoms with E-state index in [1.165, 1.54) is 12.1 Å². The van der Waals surface area contributed by atoms with E-state index in [0.29, 0.717) is 22.3 Å². The van der Waals surface area contributed by atoms with Crippen molar-refractivity contribution >= 4 is 32.4 Å². The molecule has 0 N–H and O–H groups in total. The van der Waals surface area contributed by atoms with E-state index in [1.54, 1.807) is 62.4 Å². The molecule has 0 aliphatic carbocycles. The number of hydrogen-bond donors (Lipinski definition) is 0. The zero-order valence-electron chi connectivity index (χ0n) is 21.4. The second-order valence-corrected chi connectivity index (χ2v) is 11.6. The van der Waals surface area contributed by atoms with Crippen molar-refractivity contribution in [3.63, 3.8) is 0 Å². The Kier molecular flexibility index (Phi) is 8.51. The van der Waals surface area contributed by atoms with Crippen LogP contribution in [0.3, 0.4) is 0 Å². The number of halogens is 2. The van der Waals surface area contributed by atoms with Crippen LogP contribution in [-0.4, -0.2) is 16.8 Å². The molecule has 0 saturated heterocycles. The van der Waals surface area contributed by atoms with Gasteiger partial charge in [0.2, 0.25) is 0 Å². The molecule has 4 aromatic rings. The predicted molar refractivity (Wildman–Crippen MR) is 150 cm³/mol. The van der Waals surface area contributed by atoms with Crippen LogP contribution >= 0.6 is 0 Å². The summed E-state index contributed by atoms with van der Waals surface area (Å²) in [6.45, 7) is 3.53. The van der Waals surface area contributed by atoms with Gasteiger partial charge in [-0.05, 0) is 97.8 Å². The van der Waals surface area contributed by atoms with Crippen LogP contribution in [0.25, 0.3) is 23.3 Å². The molecular weight excluding hydrogens is 558 g/mol. The van der Waals surface area contributed by atoms with Gasteiger partial charge in [-0.2, -0.15) is 16.8 Å². The molecule has 206 valence electrons. The van der Waals surface area contributed by atoms with Crippen LogP contribution in [0.15, 0.2) is 107 Å². The predicted octanol–water partition coefficient (Wildman–Crippen LogP) is 7.23. The lowest BCUT2D eigenvalue weighted by Crippen LogP contribution is -2.11. The van der Waals surface area contributed by atoms with Crippen LogP contribution in [0.1, 0.15) is 25.0 Å². The molecule has 10 heteroatoms. The lowest BCUT2D eigenvalue weighted by molar-refractivity contribution is 0.483. The fourth-order valence-electron chi connectivity index (χ4n) is 3.76. The van der Waals surface area contributed by atoms with Gasteiger partial charge < -0.3 is 8.37 Å². The largest absolute Gasteiger partial charge is 0.378 e. The monoisotopic (exact) mass is 582 g/mol. The van der Waals surface area contributed by atoms with E-state index in [4.69, 9.17) is 8.37 Å². The van der Waals surface area contributed by atoms with Crippen LogP contribution in [0.5, 0.6) is 11.5 Å². The summed E-state index contributed by atoms with van der Waals surface area (Å²) in [6.07, 6.45) is 6.80. The van der Waals surface area contributed by atoms with Crippen LogP contribution in [-0.2, 0) is 20.2 Å². The molecule has 4 aromatic carbocycles. The van der Waals surface area contributed by atoms with Crippen molar-refractivity contribution in [1.82, 2.24) is 0 Å². The Bertz CT molecular complexity index is 1660. The minimum atomic E-state index is -4.21. The van der Waals surface area contributed by atoms with Crippen molar-refractivity contribution < 1.29 is 34.0 Å². The van der Waals surface area contributed by atoms with E-state index in [-0.39, 0.29) is 21.3 Å². The summed E-state index contributed by atoms with van der Waals surface area (Å²) in [6, 6.07) is 18.4. The highest BCUT2D eigenvalue weighted by Crippen LogP contribution is 2.34. The number of rotatable bonds is 9. The minimum absolute atomic E-state index is 0.0743. The summed E-state index contributed by atoms with van der Waals surface area (Å²) in [5.41, 5.74) is 2.33. The number of allylic oxidation sites excluding steroid dienone is 2. The maximum absolute atomic E-state index is 13.2. The van der Waals surface area contributed by atoms with Crippen molar-refractivity contribution in [3.8, 4) is 22.6 Å². The molecule has 6 nitrogen and oxygen atoms in total. The third kappa shape index (κ3) is 6.64. The van der Waals surface area contributed by atoms with Crippen LogP contribution < -0.4 is 8.37 Å². The second-order valence-electron chi connectivity index (χ2n) is 8.49. The van der Waals surface area contributed by atoms with Crippen molar-refractivity contribution in [2.45, 2.75) is 23.6 Å². The van der Waals surface area contributed by atoms with Gasteiger partial charge in [-0.3, -0.25) is 0 Å². The Balaban J connectivity index is 1.67. The maximum atomic E-state index is 13.2. The second kappa shape index (κ2) is 11.8. The summed E-state index contributed by atoms with van der Waals surface area (Å²) in [4.78, 5) is -0.377. The average molecular weight is 583 g/mol. The normalized spacial score (nSPS) is 12.2. The van der Waals surface area contributed by atoms with Gasteiger partial charge in [-0.1, -0.05) is 36.4 Å². The molecule has 0 unspecified atom stereocenters. The molecule has 0 bridgehead atoms. The van der Waals surface area contributed by atoms with E-state index in [1.807, 2.05) is 0 Å². The van der Waals surface area contributed by atoms with E-state index in [0.717, 1.165) is 48.5 Å². The maximum Gasteiger partial charge on any atom is 0.339 e. The standard InChI is InChI=1S/C30H24F2O6S2/c1-3-5-23-19-21(7-17-29(23)37-39(33,34)27-13-9-25(31)10-14-27)22-8-18-30(24(20-22)6-4-2)38-40(35,36)28-15-11-26(32)12-16-28/h3-20H,1-2H3.